The molecule has 1 fully saturated rings. The molecule has 1 unspecified atom stereocenters. The Balaban J connectivity index is 1.90. The maximum atomic E-state index is 12.4. The first kappa shape index (κ1) is 16.0. The molecule has 116 valence electrons. The highest BCUT2D eigenvalue weighted by molar-refractivity contribution is 5.94. The molecule has 0 saturated carbocycles. The molecular weight excluding hydrogens is 260 g/mol. The van der Waals surface area contributed by atoms with E-state index in [4.69, 9.17) is 0 Å². The minimum absolute atomic E-state index is 0.0473. The number of nitrogens with zero attached hydrogens (tertiary/aromatic N) is 1. The van der Waals surface area contributed by atoms with Crippen LogP contribution in [0.3, 0.4) is 0 Å². The zero-order valence-electron chi connectivity index (χ0n) is 13.4. The highest BCUT2D eigenvalue weighted by atomic mass is 16.2. The van der Waals surface area contributed by atoms with E-state index in [0.29, 0.717) is 0 Å². The van der Waals surface area contributed by atoms with Gasteiger partial charge >= 0.3 is 0 Å². The molecule has 1 N–H and O–H groups in total. The lowest BCUT2D eigenvalue weighted by molar-refractivity contribution is -0.120. The fourth-order valence-electron chi connectivity index (χ4n) is 2.90. The van der Waals surface area contributed by atoms with E-state index < -0.39 is 0 Å². The number of likely N-dealkylation sites (tertiary alicyclic amines) is 1. The molecule has 1 aromatic rings. The Kier molecular flexibility index (Phi) is 6.24. The quantitative estimate of drug-likeness (QED) is 0.913. The number of hydrogen-bond acceptors (Lipinski definition) is 2. The van der Waals surface area contributed by atoms with E-state index in [2.05, 4.69) is 29.3 Å². The van der Waals surface area contributed by atoms with Gasteiger partial charge in [-0.05, 0) is 57.0 Å². The Labute approximate surface area is 128 Å². The van der Waals surface area contributed by atoms with E-state index >= 15 is 0 Å². The van der Waals surface area contributed by atoms with Gasteiger partial charge in [0.25, 0.3) is 0 Å². The third-order valence-electron chi connectivity index (χ3n) is 4.45. The van der Waals surface area contributed by atoms with Crippen LogP contribution in [-0.4, -0.2) is 29.9 Å². The molecule has 0 aliphatic carbocycles. The number of aryl methyl sites for hydroxylation is 1. The molecule has 1 amide bonds. The minimum Gasteiger partial charge on any atom is -0.325 e. The Morgan fingerprint density at radius 2 is 1.67 bits per heavy atom. The maximum absolute atomic E-state index is 12.4. The third kappa shape index (κ3) is 4.85. The van der Waals surface area contributed by atoms with Gasteiger partial charge in [-0.15, -0.1) is 0 Å². The second-order valence-electron chi connectivity index (χ2n) is 6.02. The molecule has 0 spiro atoms. The van der Waals surface area contributed by atoms with Gasteiger partial charge in [-0.1, -0.05) is 38.3 Å². The second-order valence-corrected chi connectivity index (χ2v) is 6.02. The fraction of sp³-hybridized carbons (Fsp3) is 0.611. The smallest absolute Gasteiger partial charge is 0.241 e. The third-order valence-corrected chi connectivity index (χ3v) is 4.45. The normalized spacial score (nSPS) is 18.6. The number of rotatable bonds is 4. The first-order chi connectivity index (χ1) is 10.2. The molecule has 1 aliphatic heterocycles. The highest BCUT2D eigenvalue weighted by Crippen LogP contribution is 2.15. The zero-order valence-corrected chi connectivity index (χ0v) is 13.4. The van der Waals surface area contributed by atoms with Crippen LogP contribution in [0.2, 0.25) is 0 Å². The van der Waals surface area contributed by atoms with Crippen LogP contribution in [0.25, 0.3) is 0 Å². The summed E-state index contributed by atoms with van der Waals surface area (Å²) in [5.41, 5.74) is 2.20. The van der Waals surface area contributed by atoms with E-state index in [0.717, 1.165) is 25.2 Å². The SMILES string of the molecule is CCc1ccc(NC(=O)C(C)N2CCCCCCC2)cc1. The van der Waals surface area contributed by atoms with Gasteiger partial charge in [-0.25, -0.2) is 0 Å². The summed E-state index contributed by atoms with van der Waals surface area (Å²) in [6.45, 7) is 6.25. The summed E-state index contributed by atoms with van der Waals surface area (Å²) in [7, 11) is 0. The predicted molar refractivity (Wildman–Crippen MR) is 88.6 cm³/mol. The van der Waals surface area contributed by atoms with Gasteiger partial charge in [0.15, 0.2) is 0 Å². The summed E-state index contributed by atoms with van der Waals surface area (Å²) in [6, 6.07) is 8.11. The van der Waals surface area contributed by atoms with E-state index in [1.165, 1.54) is 37.7 Å². The van der Waals surface area contributed by atoms with E-state index in [1.807, 2.05) is 19.1 Å². The van der Waals surface area contributed by atoms with Crippen molar-refractivity contribution >= 4 is 11.6 Å². The minimum atomic E-state index is -0.0473. The Morgan fingerprint density at radius 1 is 1.10 bits per heavy atom. The van der Waals surface area contributed by atoms with Gasteiger partial charge in [0, 0.05) is 5.69 Å². The molecule has 3 heteroatoms. The molecular formula is C18H28N2O. The molecule has 0 radical (unpaired) electrons. The van der Waals surface area contributed by atoms with Crippen LogP contribution in [0.1, 0.15) is 51.5 Å². The van der Waals surface area contributed by atoms with Crippen molar-refractivity contribution in [2.45, 2.75) is 58.4 Å². The fourth-order valence-corrected chi connectivity index (χ4v) is 2.90. The zero-order chi connectivity index (χ0) is 15.1. The molecule has 1 atom stereocenters. The van der Waals surface area contributed by atoms with Crippen molar-refractivity contribution in [3.63, 3.8) is 0 Å². The lowest BCUT2D eigenvalue weighted by atomic mass is 10.1. The van der Waals surface area contributed by atoms with Crippen molar-refractivity contribution < 1.29 is 4.79 Å². The van der Waals surface area contributed by atoms with E-state index in [1.54, 1.807) is 0 Å². The summed E-state index contributed by atoms with van der Waals surface area (Å²) in [6.07, 6.45) is 7.38. The second kappa shape index (κ2) is 8.18. The number of benzene rings is 1. The van der Waals surface area contributed by atoms with Gasteiger partial charge in [0.1, 0.15) is 0 Å². The molecule has 2 rings (SSSR count). The summed E-state index contributed by atoms with van der Waals surface area (Å²) in [5, 5.41) is 3.05. The number of carbonyl (C=O) groups excluding carboxylic acids is 1. The van der Waals surface area contributed by atoms with Crippen LogP contribution in [0.4, 0.5) is 5.69 Å². The van der Waals surface area contributed by atoms with E-state index in [-0.39, 0.29) is 11.9 Å². The number of anilines is 1. The van der Waals surface area contributed by atoms with Gasteiger partial charge < -0.3 is 5.32 Å². The average Bonchev–Trinajstić information content (AvgIpc) is 2.47. The first-order valence-corrected chi connectivity index (χ1v) is 8.34. The van der Waals surface area contributed by atoms with Gasteiger partial charge in [-0.2, -0.15) is 0 Å². The van der Waals surface area contributed by atoms with Crippen molar-refractivity contribution in [1.29, 1.82) is 0 Å². The lowest BCUT2D eigenvalue weighted by Gasteiger charge is -2.29. The van der Waals surface area contributed by atoms with Crippen LogP contribution in [0.15, 0.2) is 24.3 Å². The standard InChI is InChI=1S/C18H28N2O/c1-3-16-9-11-17(12-10-16)19-18(21)15(2)20-13-7-5-4-6-8-14-20/h9-12,15H,3-8,13-14H2,1-2H3,(H,19,21). The molecule has 1 aliphatic rings. The molecule has 1 heterocycles. The largest absolute Gasteiger partial charge is 0.325 e. The molecule has 0 aromatic heterocycles. The van der Waals surface area contributed by atoms with Gasteiger partial charge in [0.2, 0.25) is 5.91 Å². The molecule has 1 saturated heterocycles. The summed E-state index contributed by atoms with van der Waals surface area (Å²) >= 11 is 0. The van der Waals surface area contributed by atoms with Crippen LogP contribution in [0.5, 0.6) is 0 Å². The molecule has 21 heavy (non-hydrogen) atoms. The molecule has 3 nitrogen and oxygen atoms in total. The number of nitrogens with one attached hydrogen (secondary N) is 1. The number of carbonyl (C=O) groups is 1. The predicted octanol–water partition coefficient (Wildman–Crippen LogP) is 3.84. The summed E-state index contributed by atoms with van der Waals surface area (Å²) < 4.78 is 0. The Bertz CT molecular complexity index is 433. The topological polar surface area (TPSA) is 32.3 Å². The highest BCUT2D eigenvalue weighted by Gasteiger charge is 2.21. The monoisotopic (exact) mass is 288 g/mol. The van der Waals surface area contributed by atoms with Crippen molar-refractivity contribution in [3.8, 4) is 0 Å². The van der Waals surface area contributed by atoms with Crippen LogP contribution >= 0.6 is 0 Å². The van der Waals surface area contributed by atoms with Crippen molar-refractivity contribution in [3.05, 3.63) is 29.8 Å². The first-order valence-electron chi connectivity index (χ1n) is 8.34. The summed E-state index contributed by atoms with van der Waals surface area (Å²) in [4.78, 5) is 14.7. The molecule has 0 bridgehead atoms. The van der Waals surface area contributed by atoms with Gasteiger partial charge in [0.05, 0.1) is 6.04 Å². The van der Waals surface area contributed by atoms with Crippen LogP contribution < -0.4 is 5.32 Å². The van der Waals surface area contributed by atoms with E-state index in [9.17, 15) is 4.79 Å². The number of hydrogen-bond donors (Lipinski definition) is 1. The lowest BCUT2D eigenvalue weighted by Crippen LogP contribution is -2.43. The van der Waals surface area contributed by atoms with Crippen molar-refractivity contribution in [2.75, 3.05) is 18.4 Å². The number of amides is 1. The van der Waals surface area contributed by atoms with Crippen LogP contribution in [0, 0.1) is 0 Å². The molecule has 1 aromatic carbocycles. The van der Waals surface area contributed by atoms with Crippen molar-refractivity contribution in [2.24, 2.45) is 0 Å². The van der Waals surface area contributed by atoms with Crippen molar-refractivity contribution in [1.82, 2.24) is 4.90 Å². The Morgan fingerprint density at radius 3 is 2.24 bits per heavy atom. The Hall–Kier alpha value is -1.35. The average molecular weight is 288 g/mol. The van der Waals surface area contributed by atoms with Gasteiger partial charge in [-0.3, -0.25) is 9.69 Å². The maximum Gasteiger partial charge on any atom is 0.241 e. The van der Waals surface area contributed by atoms with Crippen LogP contribution in [-0.2, 0) is 11.2 Å². The summed E-state index contributed by atoms with van der Waals surface area (Å²) in [5.74, 6) is 0.111.